The van der Waals surface area contributed by atoms with Gasteiger partial charge < -0.3 is 18.5 Å². The lowest BCUT2D eigenvalue weighted by Crippen LogP contribution is -2.42. The standard InChI is InChI=1S/C39H57NO4Si2/c1-39(2,38(41)42-3)35-23-21-32(22-24-35)36(44-45(4,5)6)20-15-27-40-28-25-31(26-29-40)30-43-46(7,8)37(33-16-11-9-12-17-33)34-18-13-10-14-19-34/h9-14,16-19,21-24,31,36-37H,15,20,25-30H2,1-8H3. The van der Waals surface area contributed by atoms with Gasteiger partial charge in [0, 0.05) is 12.1 Å². The minimum absolute atomic E-state index is 0.0715. The van der Waals surface area contributed by atoms with E-state index >= 15 is 0 Å². The number of likely N-dealkylation sites (tertiary alicyclic amines) is 1. The molecule has 0 amide bonds. The van der Waals surface area contributed by atoms with Gasteiger partial charge in [0.25, 0.3) is 0 Å². The molecule has 0 bridgehead atoms. The summed E-state index contributed by atoms with van der Waals surface area (Å²) >= 11 is 0. The quantitative estimate of drug-likeness (QED) is 0.120. The molecule has 1 atom stereocenters. The summed E-state index contributed by atoms with van der Waals surface area (Å²) in [5, 5.41) is 0. The zero-order chi connectivity index (χ0) is 33.4. The van der Waals surface area contributed by atoms with E-state index in [1.165, 1.54) is 36.6 Å². The second-order valence-corrected chi connectivity index (χ2v) is 23.6. The Morgan fingerprint density at radius 3 is 1.87 bits per heavy atom. The van der Waals surface area contributed by atoms with Gasteiger partial charge in [-0.3, -0.25) is 4.79 Å². The lowest BCUT2D eigenvalue weighted by atomic mass is 9.84. The molecule has 0 spiro atoms. The molecule has 0 aliphatic carbocycles. The van der Waals surface area contributed by atoms with Gasteiger partial charge in [0.1, 0.15) is 0 Å². The molecule has 7 heteroatoms. The highest BCUT2D eigenvalue weighted by molar-refractivity contribution is 6.73. The van der Waals surface area contributed by atoms with E-state index in [0.717, 1.165) is 44.6 Å². The predicted octanol–water partition coefficient (Wildman–Crippen LogP) is 9.12. The number of piperidine rings is 1. The normalized spacial score (nSPS) is 16.0. The minimum Gasteiger partial charge on any atom is -0.468 e. The summed E-state index contributed by atoms with van der Waals surface area (Å²) in [6.07, 6.45) is 4.55. The predicted molar refractivity (Wildman–Crippen MR) is 195 cm³/mol. The zero-order valence-corrected chi connectivity index (χ0v) is 31.6. The van der Waals surface area contributed by atoms with E-state index in [-0.39, 0.29) is 12.1 Å². The van der Waals surface area contributed by atoms with Crippen molar-refractivity contribution in [1.82, 2.24) is 4.90 Å². The smallest absolute Gasteiger partial charge is 0.315 e. The molecule has 46 heavy (non-hydrogen) atoms. The molecule has 1 aliphatic heterocycles. The molecule has 0 aromatic heterocycles. The monoisotopic (exact) mass is 659 g/mol. The van der Waals surface area contributed by atoms with Gasteiger partial charge in [0.2, 0.25) is 0 Å². The van der Waals surface area contributed by atoms with Crippen molar-refractivity contribution in [1.29, 1.82) is 0 Å². The summed E-state index contributed by atoms with van der Waals surface area (Å²) in [6, 6.07) is 30.2. The third-order valence-corrected chi connectivity index (χ3v) is 13.5. The molecular formula is C39H57NO4Si2. The molecule has 0 radical (unpaired) electrons. The Hall–Kier alpha value is -2.56. The van der Waals surface area contributed by atoms with Crippen molar-refractivity contribution >= 4 is 22.6 Å². The van der Waals surface area contributed by atoms with Crippen LogP contribution in [0.5, 0.6) is 0 Å². The Balaban J connectivity index is 1.29. The van der Waals surface area contributed by atoms with Gasteiger partial charge in [-0.2, -0.15) is 0 Å². The van der Waals surface area contributed by atoms with Crippen molar-refractivity contribution in [3.05, 3.63) is 107 Å². The summed E-state index contributed by atoms with van der Waals surface area (Å²) in [7, 11) is -2.37. The first-order valence-corrected chi connectivity index (χ1v) is 23.5. The number of rotatable bonds is 15. The Morgan fingerprint density at radius 2 is 1.37 bits per heavy atom. The van der Waals surface area contributed by atoms with E-state index in [2.05, 4.69) is 123 Å². The Morgan fingerprint density at radius 1 is 0.826 bits per heavy atom. The van der Waals surface area contributed by atoms with Crippen LogP contribution in [0.3, 0.4) is 0 Å². The number of esters is 1. The van der Waals surface area contributed by atoms with E-state index < -0.39 is 22.0 Å². The van der Waals surface area contributed by atoms with Crippen LogP contribution < -0.4 is 0 Å². The molecular weight excluding hydrogens is 603 g/mol. The summed E-state index contributed by atoms with van der Waals surface area (Å²) in [5.74, 6) is 0.394. The van der Waals surface area contributed by atoms with E-state index in [9.17, 15) is 4.79 Å². The highest BCUT2D eigenvalue weighted by atomic mass is 28.4. The maximum absolute atomic E-state index is 12.3. The van der Waals surface area contributed by atoms with Crippen LogP contribution in [0, 0.1) is 5.92 Å². The van der Waals surface area contributed by atoms with Crippen molar-refractivity contribution < 1.29 is 18.4 Å². The number of ether oxygens (including phenoxy) is 1. The third-order valence-electron chi connectivity index (χ3n) is 9.50. The fraction of sp³-hybridized carbons (Fsp3) is 0.513. The molecule has 4 rings (SSSR count). The minimum atomic E-state index is -2.07. The van der Waals surface area contributed by atoms with Crippen LogP contribution >= 0.6 is 0 Å². The van der Waals surface area contributed by atoms with Gasteiger partial charge in [-0.25, -0.2) is 0 Å². The lowest BCUT2D eigenvalue weighted by Gasteiger charge is -2.37. The second-order valence-electron chi connectivity index (χ2n) is 15.1. The largest absolute Gasteiger partial charge is 0.468 e. The van der Waals surface area contributed by atoms with Crippen LogP contribution in [0.1, 0.15) is 73.4 Å². The number of carbonyl (C=O) groups excluding carboxylic acids is 1. The lowest BCUT2D eigenvalue weighted by molar-refractivity contribution is -0.146. The molecule has 1 saturated heterocycles. The first-order valence-electron chi connectivity index (χ1n) is 17.1. The average Bonchev–Trinajstić information content (AvgIpc) is 3.04. The van der Waals surface area contributed by atoms with Crippen LogP contribution in [0.2, 0.25) is 32.7 Å². The van der Waals surface area contributed by atoms with Crippen LogP contribution in [0.25, 0.3) is 0 Å². The number of hydrogen-bond donors (Lipinski definition) is 0. The molecule has 3 aromatic carbocycles. The number of benzene rings is 3. The maximum atomic E-state index is 12.3. The Kier molecular flexibility index (Phi) is 12.6. The summed E-state index contributed by atoms with van der Waals surface area (Å²) in [4.78, 5) is 14.9. The van der Waals surface area contributed by atoms with Crippen LogP contribution in [0.4, 0.5) is 0 Å². The average molecular weight is 660 g/mol. The Labute approximate surface area is 280 Å². The number of nitrogens with zero attached hydrogens (tertiary/aromatic N) is 1. The van der Waals surface area contributed by atoms with E-state index in [1.807, 2.05) is 13.8 Å². The highest BCUT2D eigenvalue weighted by Crippen LogP contribution is 2.36. The molecule has 1 unspecified atom stereocenters. The summed E-state index contributed by atoms with van der Waals surface area (Å²) < 4.78 is 18.6. The zero-order valence-electron chi connectivity index (χ0n) is 29.6. The van der Waals surface area contributed by atoms with Gasteiger partial charge in [0.05, 0.1) is 18.6 Å². The topological polar surface area (TPSA) is 48.0 Å². The Bertz CT molecular complexity index is 1310. The molecule has 3 aromatic rings. The van der Waals surface area contributed by atoms with E-state index in [4.69, 9.17) is 13.6 Å². The molecule has 250 valence electrons. The van der Waals surface area contributed by atoms with Gasteiger partial charge >= 0.3 is 5.97 Å². The third kappa shape index (κ3) is 9.97. The molecule has 5 nitrogen and oxygen atoms in total. The SMILES string of the molecule is COC(=O)C(C)(C)c1ccc(C(CCCN2CCC(CO[Si](C)(C)C(c3ccccc3)c3ccccc3)CC2)O[Si](C)(C)C)cc1. The first-order chi connectivity index (χ1) is 21.8. The van der Waals surface area contributed by atoms with Gasteiger partial charge in [0.15, 0.2) is 16.6 Å². The van der Waals surface area contributed by atoms with Crippen molar-refractivity contribution in [2.24, 2.45) is 5.92 Å². The van der Waals surface area contributed by atoms with Gasteiger partial charge in [-0.1, -0.05) is 84.9 Å². The van der Waals surface area contributed by atoms with Gasteiger partial charge in [-0.15, -0.1) is 0 Å². The van der Waals surface area contributed by atoms with Crippen molar-refractivity contribution in [3.63, 3.8) is 0 Å². The van der Waals surface area contributed by atoms with E-state index in [0.29, 0.717) is 11.5 Å². The van der Waals surface area contributed by atoms with Crippen LogP contribution in [-0.2, 0) is 23.8 Å². The second kappa shape index (κ2) is 16.0. The molecule has 0 N–H and O–H groups in total. The number of methoxy groups -OCH3 is 1. The fourth-order valence-corrected chi connectivity index (χ4v) is 10.7. The van der Waals surface area contributed by atoms with Crippen LogP contribution in [0.15, 0.2) is 84.9 Å². The summed E-state index contributed by atoms with van der Waals surface area (Å²) in [5.41, 5.74) is 4.51. The first kappa shape index (κ1) is 36.3. The van der Waals surface area contributed by atoms with Gasteiger partial charge in [-0.05, 0) is 120 Å². The van der Waals surface area contributed by atoms with E-state index in [1.54, 1.807) is 0 Å². The molecule has 1 heterocycles. The molecule has 1 fully saturated rings. The van der Waals surface area contributed by atoms with Crippen molar-refractivity contribution in [2.75, 3.05) is 33.4 Å². The maximum Gasteiger partial charge on any atom is 0.315 e. The van der Waals surface area contributed by atoms with Crippen LogP contribution in [-0.4, -0.2) is 60.9 Å². The van der Waals surface area contributed by atoms with Crippen molar-refractivity contribution in [2.45, 2.75) is 89.3 Å². The molecule has 0 saturated carbocycles. The highest BCUT2D eigenvalue weighted by Gasteiger charge is 2.37. The van der Waals surface area contributed by atoms with Crippen molar-refractivity contribution in [3.8, 4) is 0 Å². The fourth-order valence-electron chi connectivity index (χ4n) is 6.79. The molecule has 1 aliphatic rings. The summed E-state index contributed by atoms with van der Waals surface area (Å²) in [6.45, 7) is 19.6. The number of carbonyl (C=O) groups is 1. The number of hydrogen-bond acceptors (Lipinski definition) is 5.